The Labute approximate surface area is 148 Å². The van der Waals surface area contributed by atoms with E-state index in [4.69, 9.17) is 4.74 Å². The number of hydrogen-bond donors (Lipinski definition) is 1. The van der Waals surface area contributed by atoms with Gasteiger partial charge in [-0.1, -0.05) is 35.9 Å². The van der Waals surface area contributed by atoms with Gasteiger partial charge in [0, 0.05) is 30.2 Å². The molecule has 0 radical (unpaired) electrons. The Balaban J connectivity index is 1.53. The number of aromatic nitrogens is 1. The molecule has 0 unspecified atom stereocenters. The number of nitrogens with zero attached hydrogens (tertiary/aromatic N) is 1. The van der Waals surface area contributed by atoms with E-state index < -0.39 is 0 Å². The molecule has 1 aromatic heterocycles. The van der Waals surface area contributed by atoms with Crippen molar-refractivity contribution < 1.29 is 9.53 Å². The molecule has 0 saturated carbocycles. The fraction of sp³-hybridized carbons (Fsp3) is 0.286. The molecule has 25 heavy (non-hydrogen) atoms. The molecule has 0 atom stereocenters. The van der Waals surface area contributed by atoms with Crippen LogP contribution in [0.4, 0.5) is 0 Å². The smallest absolute Gasteiger partial charge is 0.257 e. The van der Waals surface area contributed by atoms with Crippen molar-refractivity contribution in [1.29, 1.82) is 0 Å². The maximum absolute atomic E-state index is 12.0. The second-order valence-electron chi connectivity index (χ2n) is 6.34. The summed E-state index contributed by atoms with van der Waals surface area (Å²) in [4.78, 5) is 12.0. The zero-order chi connectivity index (χ0) is 17.8. The molecule has 4 nitrogen and oxygen atoms in total. The van der Waals surface area contributed by atoms with Crippen LogP contribution in [-0.4, -0.2) is 23.6 Å². The van der Waals surface area contributed by atoms with Crippen molar-refractivity contribution >= 4 is 16.8 Å². The lowest BCUT2D eigenvalue weighted by Crippen LogP contribution is -2.30. The van der Waals surface area contributed by atoms with E-state index in [0.717, 1.165) is 6.42 Å². The first kappa shape index (κ1) is 17.1. The van der Waals surface area contributed by atoms with Gasteiger partial charge in [0.05, 0.1) is 0 Å². The van der Waals surface area contributed by atoms with Crippen LogP contribution < -0.4 is 10.1 Å². The Morgan fingerprint density at radius 1 is 1.08 bits per heavy atom. The molecule has 1 amide bonds. The van der Waals surface area contributed by atoms with Crippen LogP contribution >= 0.6 is 0 Å². The Bertz CT molecular complexity index is 879. The van der Waals surface area contributed by atoms with E-state index in [1.165, 1.54) is 27.7 Å². The van der Waals surface area contributed by atoms with Gasteiger partial charge >= 0.3 is 0 Å². The summed E-state index contributed by atoms with van der Waals surface area (Å²) in [6.45, 7) is 4.78. The topological polar surface area (TPSA) is 43.3 Å². The van der Waals surface area contributed by atoms with E-state index in [1.54, 1.807) is 0 Å². The molecule has 0 aliphatic carbocycles. The molecule has 0 aliphatic rings. The summed E-state index contributed by atoms with van der Waals surface area (Å²) < 4.78 is 7.71. The standard InChI is InChI=1S/C21H24N2O2/c1-15-8-10-17(11-9-15)25-14-21(24)22-13-12-18-16(2)23(3)20-7-5-4-6-19(18)20/h4-11H,12-14H2,1-3H3,(H,22,24). The number of hydrogen-bond acceptors (Lipinski definition) is 2. The number of carbonyl (C=O) groups is 1. The first-order valence-electron chi connectivity index (χ1n) is 8.55. The van der Waals surface area contributed by atoms with Crippen LogP contribution in [0.3, 0.4) is 0 Å². The number of carbonyl (C=O) groups excluding carboxylic acids is 1. The molecule has 130 valence electrons. The minimum absolute atomic E-state index is 0.0393. The second kappa shape index (κ2) is 7.43. The van der Waals surface area contributed by atoms with E-state index >= 15 is 0 Å². The predicted octanol–water partition coefficient (Wildman–Crippen LogP) is 3.53. The summed E-state index contributed by atoms with van der Waals surface area (Å²) in [5, 5.41) is 4.20. The number of nitrogens with one attached hydrogen (secondary N) is 1. The molecule has 3 rings (SSSR count). The van der Waals surface area contributed by atoms with E-state index in [-0.39, 0.29) is 12.5 Å². The molecule has 0 saturated heterocycles. The normalized spacial score (nSPS) is 10.8. The molecular formula is C21H24N2O2. The minimum atomic E-state index is -0.0986. The van der Waals surface area contributed by atoms with Gasteiger partial charge in [0.25, 0.3) is 5.91 Å². The van der Waals surface area contributed by atoms with Gasteiger partial charge in [0.15, 0.2) is 6.61 Å². The van der Waals surface area contributed by atoms with Crippen molar-refractivity contribution in [3.05, 3.63) is 65.4 Å². The second-order valence-corrected chi connectivity index (χ2v) is 6.34. The zero-order valence-electron chi connectivity index (χ0n) is 15.0. The molecule has 1 heterocycles. The molecule has 1 N–H and O–H groups in total. The fourth-order valence-corrected chi connectivity index (χ4v) is 3.08. The Morgan fingerprint density at radius 2 is 1.80 bits per heavy atom. The Kier molecular flexibility index (Phi) is 5.08. The summed E-state index contributed by atoms with van der Waals surface area (Å²) in [6, 6.07) is 16.1. The quantitative estimate of drug-likeness (QED) is 0.748. The summed E-state index contributed by atoms with van der Waals surface area (Å²) in [5.41, 5.74) is 4.93. The first-order chi connectivity index (χ1) is 12.1. The summed E-state index contributed by atoms with van der Waals surface area (Å²) >= 11 is 0. The minimum Gasteiger partial charge on any atom is -0.484 e. The van der Waals surface area contributed by atoms with Crippen molar-refractivity contribution in [1.82, 2.24) is 9.88 Å². The number of aryl methyl sites for hydroxylation is 2. The van der Waals surface area contributed by atoms with Gasteiger partial charge in [-0.3, -0.25) is 4.79 Å². The number of amides is 1. The van der Waals surface area contributed by atoms with Crippen LogP contribution in [0.2, 0.25) is 0 Å². The monoisotopic (exact) mass is 336 g/mol. The third kappa shape index (κ3) is 3.85. The lowest BCUT2D eigenvalue weighted by atomic mass is 10.1. The van der Waals surface area contributed by atoms with Gasteiger partial charge in [0.2, 0.25) is 0 Å². The maximum atomic E-state index is 12.0. The van der Waals surface area contributed by atoms with E-state index in [0.29, 0.717) is 12.3 Å². The Morgan fingerprint density at radius 3 is 2.56 bits per heavy atom. The number of ether oxygens (including phenoxy) is 1. The molecule has 2 aromatic carbocycles. The SMILES string of the molecule is Cc1ccc(OCC(=O)NCCc2c(C)n(C)c3ccccc23)cc1. The van der Waals surface area contributed by atoms with Crippen LogP contribution in [0.1, 0.15) is 16.8 Å². The van der Waals surface area contributed by atoms with Crippen molar-refractivity contribution in [2.24, 2.45) is 7.05 Å². The van der Waals surface area contributed by atoms with Crippen LogP contribution in [0.15, 0.2) is 48.5 Å². The zero-order valence-corrected chi connectivity index (χ0v) is 15.0. The lowest BCUT2D eigenvalue weighted by molar-refractivity contribution is -0.123. The van der Waals surface area contributed by atoms with Gasteiger partial charge in [0.1, 0.15) is 5.75 Å². The average Bonchev–Trinajstić information content (AvgIpc) is 2.86. The number of benzene rings is 2. The molecule has 0 fully saturated rings. The number of rotatable bonds is 6. The largest absolute Gasteiger partial charge is 0.484 e. The predicted molar refractivity (Wildman–Crippen MR) is 101 cm³/mol. The van der Waals surface area contributed by atoms with E-state index in [1.807, 2.05) is 31.2 Å². The fourth-order valence-electron chi connectivity index (χ4n) is 3.08. The van der Waals surface area contributed by atoms with Crippen LogP contribution in [0, 0.1) is 13.8 Å². The van der Waals surface area contributed by atoms with Crippen molar-refractivity contribution in [3.8, 4) is 5.75 Å². The Hall–Kier alpha value is -2.75. The molecule has 0 spiro atoms. The van der Waals surface area contributed by atoms with E-state index in [9.17, 15) is 4.79 Å². The third-order valence-corrected chi connectivity index (χ3v) is 4.62. The maximum Gasteiger partial charge on any atom is 0.257 e. The molecule has 3 aromatic rings. The first-order valence-corrected chi connectivity index (χ1v) is 8.55. The molecule has 0 aliphatic heterocycles. The number of fused-ring (bicyclic) bond motifs is 1. The highest BCUT2D eigenvalue weighted by atomic mass is 16.5. The van der Waals surface area contributed by atoms with Gasteiger partial charge in [-0.25, -0.2) is 0 Å². The van der Waals surface area contributed by atoms with Crippen molar-refractivity contribution in [3.63, 3.8) is 0 Å². The van der Waals surface area contributed by atoms with Gasteiger partial charge in [-0.2, -0.15) is 0 Å². The highest BCUT2D eigenvalue weighted by Gasteiger charge is 2.11. The average molecular weight is 336 g/mol. The van der Waals surface area contributed by atoms with Crippen LogP contribution in [-0.2, 0) is 18.3 Å². The summed E-state index contributed by atoms with van der Waals surface area (Å²) in [7, 11) is 2.08. The molecule has 4 heteroatoms. The van der Waals surface area contributed by atoms with Crippen molar-refractivity contribution in [2.75, 3.05) is 13.2 Å². The van der Waals surface area contributed by atoms with Crippen LogP contribution in [0.25, 0.3) is 10.9 Å². The highest BCUT2D eigenvalue weighted by molar-refractivity contribution is 5.85. The third-order valence-electron chi connectivity index (χ3n) is 4.62. The van der Waals surface area contributed by atoms with Gasteiger partial charge in [-0.05, 0) is 44.0 Å². The summed E-state index contributed by atoms with van der Waals surface area (Å²) in [5.74, 6) is 0.615. The highest BCUT2D eigenvalue weighted by Crippen LogP contribution is 2.24. The van der Waals surface area contributed by atoms with Gasteiger partial charge in [-0.15, -0.1) is 0 Å². The molecular weight excluding hydrogens is 312 g/mol. The summed E-state index contributed by atoms with van der Waals surface area (Å²) in [6.07, 6.45) is 0.809. The van der Waals surface area contributed by atoms with E-state index in [2.05, 4.69) is 48.1 Å². The van der Waals surface area contributed by atoms with Crippen LogP contribution in [0.5, 0.6) is 5.75 Å². The lowest BCUT2D eigenvalue weighted by Gasteiger charge is -2.08. The molecule has 0 bridgehead atoms. The van der Waals surface area contributed by atoms with Crippen molar-refractivity contribution in [2.45, 2.75) is 20.3 Å². The van der Waals surface area contributed by atoms with Gasteiger partial charge < -0.3 is 14.6 Å². The number of para-hydroxylation sites is 1.